The van der Waals surface area contributed by atoms with Crippen molar-refractivity contribution in [3.8, 4) is 0 Å². The van der Waals surface area contributed by atoms with Gasteiger partial charge in [0, 0.05) is 24.2 Å². The van der Waals surface area contributed by atoms with Crippen LogP contribution in [0.3, 0.4) is 0 Å². The zero-order chi connectivity index (χ0) is 15.8. The third-order valence-corrected chi connectivity index (χ3v) is 7.03. The molecule has 0 saturated carbocycles. The second-order valence-electron chi connectivity index (χ2n) is 5.41. The van der Waals surface area contributed by atoms with Gasteiger partial charge in [0.05, 0.1) is 5.02 Å². The number of sulfonamides is 1. The second kappa shape index (κ2) is 6.42. The molecular formula is C14H20Cl2N2O2S. The third kappa shape index (κ3) is 3.08. The summed E-state index contributed by atoms with van der Waals surface area (Å²) in [4.78, 5) is 0.150. The first-order valence-electron chi connectivity index (χ1n) is 6.92. The maximum Gasteiger partial charge on any atom is 0.245 e. The quantitative estimate of drug-likeness (QED) is 0.907. The largest absolute Gasteiger partial charge is 0.318 e. The zero-order valence-electron chi connectivity index (χ0n) is 12.4. The Balaban J connectivity index is 2.55. The predicted octanol–water partition coefficient (Wildman–Crippen LogP) is 2.98. The van der Waals surface area contributed by atoms with E-state index in [0.717, 1.165) is 12.8 Å². The fourth-order valence-corrected chi connectivity index (χ4v) is 5.67. The van der Waals surface area contributed by atoms with Crippen molar-refractivity contribution in [3.63, 3.8) is 0 Å². The van der Waals surface area contributed by atoms with E-state index < -0.39 is 10.0 Å². The fourth-order valence-electron chi connectivity index (χ4n) is 2.80. The van der Waals surface area contributed by atoms with Crippen molar-refractivity contribution in [1.82, 2.24) is 9.62 Å². The van der Waals surface area contributed by atoms with Gasteiger partial charge < -0.3 is 5.32 Å². The van der Waals surface area contributed by atoms with Crippen LogP contribution in [0.5, 0.6) is 0 Å². The lowest BCUT2D eigenvalue weighted by atomic mass is 10.2. The van der Waals surface area contributed by atoms with Gasteiger partial charge in [-0.3, -0.25) is 0 Å². The molecule has 1 saturated heterocycles. The first-order valence-corrected chi connectivity index (χ1v) is 9.12. The molecule has 0 aromatic heterocycles. The number of benzene rings is 1. The van der Waals surface area contributed by atoms with E-state index in [1.807, 2.05) is 7.05 Å². The third-order valence-electron chi connectivity index (χ3n) is 3.92. The van der Waals surface area contributed by atoms with Gasteiger partial charge in [0.25, 0.3) is 0 Å². The SMILES string of the molecule is CNCC1CCCN1S(=O)(=O)c1c(C)c(Cl)cc(C)c1Cl. The summed E-state index contributed by atoms with van der Waals surface area (Å²) in [6.07, 6.45) is 1.72. The zero-order valence-corrected chi connectivity index (χ0v) is 14.7. The Bertz CT molecular complexity index is 621. The molecule has 1 aromatic carbocycles. The molecule has 1 atom stereocenters. The van der Waals surface area contributed by atoms with Gasteiger partial charge in [-0.05, 0) is 50.9 Å². The van der Waals surface area contributed by atoms with E-state index in [2.05, 4.69) is 5.32 Å². The molecule has 1 fully saturated rings. The monoisotopic (exact) mass is 350 g/mol. The maximum atomic E-state index is 13.0. The highest BCUT2D eigenvalue weighted by Crippen LogP contribution is 2.37. The minimum Gasteiger partial charge on any atom is -0.318 e. The molecule has 1 aromatic rings. The summed E-state index contributed by atoms with van der Waals surface area (Å²) >= 11 is 12.4. The lowest BCUT2D eigenvalue weighted by Gasteiger charge is -2.26. The summed E-state index contributed by atoms with van der Waals surface area (Å²) in [6.45, 7) is 4.62. The molecule has 4 nitrogen and oxygen atoms in total. The van der Waals surface area contributed by atoms with Gasteiger partial charge in [-0.2, -0.15) is 4.31 Å². The first kappa shape index (κ1) is 17.0. The van der Waals surface area contributed by atoms with Crippen LogP contribution in [0.2, 0.25) is 10.0 Å². The lowest BCUT2D eigenvalue weighted by Crippen LogP contribution is -2.41. The number of aryl methyl sites for hydroxylation is 1. The molecule has 1 N–H and O–H groups in total. The van der Waals surface area contributed by atoms with E-state index in [-0.39, 0.29) is 16.0 Å². The molecule has 118 valence electrons. The van der Waals surface area contributed by atoms with Crippen LogP contribution in [0.15, 0.2) is 11.0 Å². The molecule has 0 amide bonds. The van der Waals surface area contributed by atoms with E-state index in [1.165, 1.54) is 0 Å². The van der Waals surface area contributed by atoms with Crippen molar-refractivity contribution in [2.45, 2.75) is 37.6 Å². The molecule has 0 bridgehead atoms. The average Bonchev–Trinajstić information content (AvgIpc) is 2.86. The van der Waals surface area contributed by atoms with Crippen molar-refractivity contribution in [2.24, 2.45) is 0 Å². The van der Waals surface area contributed by atoms with Gasteiger partial charge in [-0.1, -0.05) is 23.2 Å². The number of rotatable bonds is 4. The molecular weight excluding hydrogens is 331 g/mol. The summed E-state index contributed by atoms with van der Waals surface area (Å²) in [5, 5.41) is 3.75. The molecule has 0 aliphatic carbocycles. The maximum absolute atomic E-state index is 13.0. The van der Waals surface area contributed by atoms with E-state index in [4.69, 9.17) is 23.2 Å². The van der Waals surface area contributed by atoms with Gasteiger partial charge in [0.15, 0.2) is 0 Å². The minimum atomic E-state index is -3.64. The van der Waals surface area contributed by atoms with Crippen LogP contribution in [0.25, 0.3) is 0 Å². The van der Waals surface area contributed by atoms with Crippen LogP contribution < -0.4 is 5.32 Å². The van der Waals surface area contributed by atoms with Gasteiger partial charge in [-0.25, -0.2) is 8.42 Å². The van der Waals surface area contributed by atoms with Crippen molar-refractivity contribution in [2.75, 3.05) is 20.1 Å². The topological polar surface area (TPSA) is 49.4 Å². The van der Waals surface area contributed by atoms with Crippen LogP contribution in [-0.4, -0.2) is 38.9 Å². The normalized spacial score (nSPS) is 20.1. The summed E-state index contributed by atoms with van der Waals surface area (Å²) in [5.74, 6) is 0. The Morgan fingerprint density at radius 1 is 1.38 bits per heavy atom. The summed E-state index contributed by atoms with van der Waals surface area (Å²) < 4.78 is 27.6. The molecule has 1 aliphatic rings. The number of nitrogens with zero attached hydrogens (tertiary/aromatic N) is 1. The molecule has 21 heavy (non-hydrogen) atoms. The van der Waals surface area contributed by atoms with Crippen LogP contribution >= 0.6 is 23.2 Å². The Hall–Kier alpha value is -0.330. The van der Waals surface area contributed by atoms with Crippen molar-refractivity contribution >= 4 is 33.2 Å². The number of hydrogen-bond donors (Lipinski definition) is 1. The lowest BCUT2D eigenvalue weighted by molar-refractivity contribution is 0.379. The van der Waals surface area contributed by atoms with Gasteiger partial charge in [0.2, 0.25) is 10.0 Å². The summed E-state index contributed by atoms with van der Waals surface area (Å²) in [5.41, 5.74) is 1.19. The highest BCUT2D eigenvalue weighted by Gasteiger charge is 2.37. The predicted molar refractivity (Wildman–Crippen MR) is 86.8 cm³/mol. The molecule has 1 aliphatic heterocycles. The average molecular weight is 351 g/mol. The highest BCUT2D eigenvalue weighted by atomic mass is 35.5. The van der Waals surface area contributed by atoms with Crippen LogP contribution in [-0.2, 0) is 10.0 Å². The summed E-state index contributed by atoms with van der Waals surface area (Å²) in [7, 11) is -1.82. The Morgan fingerprint density at radius 2 is 2.05 bits per heavy atom. The van der Waals surface area contributed by atoms with Crippen molar-refractivity contribution < 1.29 is 8.42 Å². The van der Waals surface area contributed by atoms with Crippen LogP contribution in [0.1, 0.15) is 24.0 Å². The van der Waals surface area contributed by atoms with Gasteiger partial charge >= 0.3 is 0 Å². The smallest absolute Gasteiger partial charge is 0.245 e. The number of likely N-dealkylation sites (N-methyl/N-ethyl adjacent to an activating group) is 1. The number of nitrogens with one attached hydrogen (secondary N) is 1. The molecule has 7 heteroatoms. The molecule has 2 rings (SSSR count). The van der Waals surface area contributed by atoms with Crippen molar-refractivity contribution in [1.29, 1.82) is 0 Å². The number of halogens is 2. The fraction of sp³-hybridized carbons (Fsp3) is 0.571. The van der Waals surface area contributed by atoms with E-state index >= 15 is 0 Å². The van der Waals surface area contributed by atoms with Gasteiger partial charge in [0.1, 0.15) is 4.90 Å². The first-order chi connectivity index (χ1) is 9.80. The molecule has 1 heterocycles. The second-order valence-corrected chi connectivity index (χ2v) is 8.03. The van der Waals surface area contributed by atoms with Crippen molar-refractivity contribution in [3.05, 3.63) is 27.2 Å². The Morgan fingerprint density at radius 3 is 2.67 bits per heavy atom. The summed E-state index contributed by atoms with van der Waals surface area (Å²) in [6, 6.07) is 1.67. The van der Waals surface area contributed by atoms with E-state index in [0.29, 0.717) is 29.2 Å². The van der Waals surface area contributed by atoms with Gasteiger partial charge in [-0.15, -0.1) is 0 Å². The molecule has 0 spiro atoms. The Labute approximate surface area is 136 Å². The number of hydrogen-bond acceptors (Lipinski definition) is 3. The molecule has 1 unspecified atom stereocenters. The minimum absolute atomic E-state index is 0.0326. The van der Waals surface area contributed by atoms with E-state index in [9.17, 15) is 8.42 Å². The standard InChI is InChI=1S/C14H20Cl2N2O2S/c1-9-7-12(15)10(2)14(13(9)16)21(19,20)18-6-4-5-11(18)8-17-3/h7,11,17H,4-6,8H2,1-3H3. The Kier molecular flexibility index (Phi) is 5.21. The van der Waals surface area contributed by atoms with Crippen LogP contribution in [0.4, 0.5) is 0 Å². The van der Waals surface area contributed by atoms with E-state index in [1.54, 1.807) is 24.2 Å². The highest BCUT2D eigenvalue weighted by molar-refractivity contribution is 7.89. The molecule has 0 radical (unpaired) electrons. The van der Waals surface area contributed by atoms with Crippen LogP contribution in [0, 0.1) is 13.8 Å².